The monoisotopic (exact) mass is 364 g/mol. The van der Waals surface area contributed by atoms with Crippen LogP contribution in [0.4, 0.5) is 5.82 Å². The summed E-state index contributed by atoms with van der Waals surface area (Å²) in [5, 5.41) is 2.95. The molecule has 7 nitrogen and oxygen atoms in total. The lowest BCUT2D eigenvalue weighted by atomic mass is 10.1. The van der Waals surface area contributed by atoms with Crippen molar-refractivity contribution in [2.75, 3.05) is 25.5 Å². The Morgan fingerprint density at radius 1 is 1.15 bits per heavy atom. The molecule has 3 aromatic rings. The van der Waals surface area contributed by atoms with Crippen LogP contribution in [-0.2, 0) is 6.54 Å². The molecule has 0 aliphatic rings. The molecule has 0 unspecified atom stereocenters. The molecule has 0 aliphatic heterocycles. The highest BCUT2D eigenvalue weighted by molar-refractivity contribution is 5.94. The van der Waals surface area contributed by atoms with Gasteiger partial charge < -0.3 is 14.8 Å². The number of hydrogen-bond donors (Lipinski definition) is 1. The third-order valence-corrected chi connectivity index (χ3v) is 4.51. The summed E-state index contributed by atoms with van der Waals surface area (Å²) in [7, 11) is 3.85. The Labute approximate surface area is 159 Å². The number of rotatable bonds is 6. The molecule has 0 aliphatic carbocycles. The first kappa shape index (κ1) is 18.6. The Morgan fingerprint density at radius 2 is 1.89 bits per heavy atom. The van der Waals surface area contributed by atoms with Crippen molar-refractivity contribution in [3.05, 3.63) is 59.9 Å². The van der Waals surface area contributed by atoms with E-state index in [4.69, 9.17) is 0 Å². The summed E-state index contributed by atoms with van der Waals surface area (Å²) >= 11 is 0. The van der Waals surface area contributed by atoms with Crippen LogP contribution in [0.2, 0.25) is 0 Å². The molecule has 0 fully saturated rings. The van der Waals surface area contributed by atoms with Gasteiger partial charge in [-0.1, -0.05) is 12.1 Å². The van der Waals surface area contributed by atoms with E-state index in [0.717, 1.165) is 28.5 Å². The van der Waals surface area contributed by atoms with Gasteiger partial charge in [0, 0.05) is 44.0 Å². The second-order valence-corrected chi connectivity index (χ2v) is 6.60. The Kier molecular flexibility index (Phi) is 5.49. The molecule has 0 radical (unpaired) electrons. The smallest absolute Gasteiger partial charge is 0.251 e. The van der Waals surface area contributed by atoms with Crippen molar-refractivity contribution >= 4 is 11.7 Å². The van der Waals surface area contributed by atoms with Crippen LogP contribution in [0.1, 0.15) is 21.7 Å². The minimum atomic E-state index is -0.0934. The van der Waals surface area contributed by atoms with Gasteiger partial charge in [0.1, 0.15) is 5.82 Å². The van der Waals surface area contributed by atoms with Crippen LogP contribution in [0.25, 0.3) is 11.3 Å². The molecule has 27 heavy (non-hydrogen) atoms. The molecular formula is C20H24N6O. The van der Waals surface area contributed by atoms with Gasteiger partial charge in [0.15, 0.2) is 0 Å². The van der Waals surface area contributed by atoms with Crippen molar-refractivity contribution < 1.29 is 4.79 Å². The number of hydrogen-bond acceptors (Lipinski definition) is 5. The van der Waals surface area contributed by atoms with E-state index in [-0.39, 0.29) is 5.91 Å². The third-order valence-electron chi connectivity index (χ3n) is 4.51. The molecule has 1 amide bonds. The second-order valence-electron chi connectivity index (χ2n) is 6.60. The van der Waals surface area contributed by atoms with Crippen LogP contribution in [-0.4, -0.2) is 46.1 Å². The van der Waals surface area contributed by atoms with Crippen LogP contribution in [0.5, 0.6) is 0 Å². The lowest BCUT2D eigenvalue weighted by Crippen LogP contribution is -2.27. The Morgan fingerprint density at radius 3 is 2.52 bits per heavy atom. The van der Waals surface area contributed by atoms with Crippen molar-refractivity contribution in [3.8, 4) is 11.3 Å². The number of aromatic nitrogens is 4. The topological polar surface area (TPSA) is 75.9 Å². The number of nitrogens with one attached hydrogen (secondary N) is 1. The number of amides is 1. The number of anilines is 1. The molecule has 140 valence electrons. The molecule has 0 saturated carbocycles. The largest absolute Gasteiger partial charge is 0.361 e. The Bertz CT molecular complexity index is 930. The Balaban J connectivity index is 1.62. The van der Waals surface area contributed by atoms with Crippen molar-refractivity contribution in [2.45, 2.75) is 20.4 Å². The number of carbonyl (C=O) groups is 1. The molecule has 2 heterocycles. The molecule has 1 N–H and O–H groups in total. The zero-order chi connectivity index (χ0) is 19.4. The molecule has 1 aromatic carbocycles. The normalized spacial score (nSPS) is 10.7. The predicted octanol–water partition coefficient (Wildman–Crippen LogP) is 2.45. The summed E-state index contributed by atoms with van der Waals surface area (Å²) in [6.07, 6.45) is 5.24. The van der Waals surface area contributed by atoms with Gasteiger partial charge in [-0.15, -0.1) is 0 Å². The fraction of sp³-hybridized carbons (Fsp3) is 0.300. The number of imidazole rings is 1. The Hall–Kier alpha value is -3.22. The number of benzene rings is 1. The average molecular weight is 364 g/mol. The van der Waals surface area contributed by atoms with Gasteiger partial charge in [0.2, 0.25) is 0 Å². The molecule has 0 saturated heterocycles. The lowest BCUT2D eigenvalue weighted by molar-refractivity contribution is 0.0952. The number of nitrogens with zero attached hydrogens (tertiary/aromatic N) is 5. The summed E-state index contributed by atoms with van der Waals surface area (Å²) in [5.41, 5.74) is 4.45. The number of carbonyl (C=O) groups excluding carboxylic acids is 1. The van der Waals surface area contributed by atoms with Gasteiger partial charge in [-0.2, -0.15) is 0 Å². The minimum absolute atomic E-state index is 0.0934. The van der Waals surface area contributed by atoms with Crippen LogP contribution in [0.3, 0.4) is 0 Å². The average Bonchev–Trinajstić information content (AvgIpc) is 3.00. The maximum Gasteiger partial charge on any atom is 0.251 e. The molecule has 3 rings (SSSR count). The highest BCUT2D eigenvalue weighted by atomic mass is 16.1. The van der Waals surface area contributed by atoms with Crippen molar-refractivity contribution in [2.24, 2.45) is 0 Å². The van der Waals surface area contributed by atoms with E-state index in [0.29, 0.717) is 18.7 Å². The molecule has 0 atom stereocenters. The molecule has 0 spiro atoms. The van der Waals surface area contributed by atoms with Crippen molar-refractivity contribution in [1.29, 1.82) is 0 Å². The first-order chi connectivity index (χ1) is 13.0. The second kappa shape index (κ2) is 7.99. The summed E-state index contributed by atoms with van der Waals surface area (Å²) in [6.45, 7) is 5.25. The maximum atomic E-state index is 12.3. The zero-order valence-electron chi connectivity index (χ0n) is 16.1. The van der Waals surface area contributed by atoms with Gasteiger partial charge in [0.05, 0.1) is 30.1 Å². The van der Waals surface area contributed by atoms with E-state index in [9.17, 15) is 4.79 Å². The van der Waals surface area contributed by atoms with Crippen LogP contribution >= 0.6 is 0 Å². The molecule has 2 aromatic heterocycles. The molecule has 0 bridgehead atoms. The highest BCUT2D eigenvalue weighted by Gasteiger charge is 2.08. The first-order valence-electron chi connectivity index (χ1n) is 8.82. The van der Waals surface area contributed by atoms with Crippen molar-refractivity contribution in [1.82, 2.24) is 24.8 Å². The lowest BCUT2D eigenvalue weighted by Gasteiger charge is -2.12. The third kappa shape index (κ3) is 4.31. The summed E-state index contributed by atoms with van der Waals surface area (Å²) in [6, 6.07) is 7.39. The van der Waals surface area contributed by atoms with Crippen molar-refractivity contribution in [3.63, 3.8) is 0 Å². The fourth-order valence-corrected chi connectivity index (χ4v) is 2.66. The summed E-state index contributed by atoms with van der Waals surface area (Å²) < 4.78 is 2.04. The van der Waals surface area contributed by atoms with Gasteiger partial charge in [-0.05, 0) is 26.0 Å². The first-order valence-corrected chi connectivity index (χ1v) is 8.82. The van der Waals surface area contributed by atoms with E-state index in [1.54, 1.807) is 30.9 Å². The molecule has 7 heteroatoms. The summed E-state index contributed by atoms with van der Waals surface area (Å²) in [4.78, 5) is 27.3. The zero-order valence-corrected chi connectivity index (χ0v) is 16.1. The van der Waals surface area contributed by atoms with Gasteiger partial charge in [-0.3, -0.25) is 9.78 Å². The van der Waals surface area contributed by atoms with E-state index in [2.05, 4.69) is 20.3 Å². The van der Waals surface area contributed by atoms with Crippen LogP contribution in [0, 0.1) is 13.8 Å². The summed E-state index contributed by atoms with van der Waals surface area (Å²) in [5.74, 6) is 0.698. The quantitative estimate of drug-likeness (QED) is 0.727. The van der Waals surface area contributed by atoms with Gasteiger partial charge in [0.25, 0.3) is 5.91 Å². The van der Waals surface area contributed by atoms with Gasteiger partial charge in [-0.25, -0.2) is 9.97 Å². The van der Waals surface area contributed by atoms with E-state index < -0.39 is 0 Å². The van der Waals surface area contributed by atoms with E-state index >= 15 is 0 Å². The van der Waals surface area contributed by atoms with Crippen LogP contribution < -0.4 is 10.2 Å². The number of aryl methyl sites for hydroxylation is 1. The van der Waals surface area contributed by atoms with E-state index in [1.807, 2.05) is 49.5 Å². The SMILES string of the molecule is Cc1ncn(CCNC(=O)c2ccc(-c3cncc(N(C)C)n3)cc2)c1C. The fourth-order valence-electron chi connectivity index (χ4n) is 2.66. The highest BCUT2D eigenvalue weighted by Crippen LogP contribution is 2.19. The van der Waals surface area contributed by atoms with E-state index in [1.165, 1.54) is 0 Å². The molecular weight excluding hydrogens is 340 g/mol. The minimum Gasteiger partial charge on any atom is -0.361 e. The standard InChI is InChI=1S/C20H24N6O/c1-14-15(2)26(13-23-14)10-9-22-20(27)17-7-5-16(6-8-17)18-11-21-12-19(24-18)25(3)4/h5-8,11-13H,9-10H2,1-4H3,(H,22,27). The van der Waals surface area contributed by atoms with Gasteiger partial charge >= 0.3 is 0 Å². The maximum absolute atomic E-state index is 12.3. The van der Waals surface area contributed by atoms with Crippen LogP contribution in [0.15, 0.2) is 43.0 Å². The predicted molar refractivity (Wildman–Crippen MR) is 106 cm³/mol.